The van der Waals surface area contributed by atoms with Crippen molar-refractivity contribution in [3.8, 4) is 0 Å². The molecule has 1 atom stereocenters. The van der Waals surface area contributed by atoms with Crippen LogP contribution in [0, 0.1) is 5.92 Å². The molecule has 0 aliphatic rings. The van der Waals surface area contributed by atoms with E-state index >= 15 is 0 Å². The SMILES string of the molecule is CCC(Nc1nccc2sccc12)C(C)C. The molecule has 0 spiro atoms. The average Bonchev–Trinajstić information content (AvgIpc) is 2.73. The monoisotopic (exact) mass is 234 g/mol. The van der Waals surface area contributed by atoms with E-state index in [2.05, 4.69) is 48.6 Å². The normalized spacial score (nSPS) is 13.2. The summed E-state index contributed by atoms with van der Waals surface area (Å²) < 4.78 is 1.30. The first kappa shape index (κ1) is 11.4. The van der Waals surface area contributed by atoms with Gasteiger partial charge in [0.15, 0.2) is 0 Å². The molecule has 2 rings (SSSR count). The van der Waals surface area contributed by atoms with Crippen LogP contribution in [-0.2, 0) is 0 Å². The Morgan fingerprint density at radius 3 is 2.88 bits per heavy atom. The van der Waals surface area contributed by atoms with Crippen molar-refractivity contribution < 1.29 is 0 Å². The minimum absolute atomic E-state index is 0.498. The number of nitrogens with one attached hydrogen (secondary N) is 1. The van der Waals surface area contributed by atoms with Gasteiger partial charge in [0, 0.05) is 22.3 Å². The van der Waals surface area contributed by atoms with Crippen molar-refractivity contribution in [3.63, 3.8) is 0 Å². The van der Waals surface area contributed by atoms with Crippen LogP contribution in [0.25, 0.3) is 10.1 Å². The predicted octanol–water partition coefficient (Wildman–Crippen LogP) is 4.14. The van der Waals surface area contributed by atoms with Gasteiger partial charge >= 0.3 is 0 Å². The molecule has 3 heteroatoms. The van der Waals surface area contributed by atoms with Crippen LogP contribution in [0.5, 0.6) is 0 Å². The molecule has 1 unspecified atom stereocenters. The second-order valence-electron chi connectivity index (χ2n) is 4.40. The number of nitrogens with zero attached hydrogens (tertiary/aromatic N) is 1. The highest BCUT2D eigenvalue weighted by molar-refractivity contribution is 7.17. The fourth-order valence-corrected chi connectivity index (χ4v) is 2.71. The second-order valence-corrected chi connectivity index (χ2v) is 5.34. The topological polar surface area (TPSA) is 24.9 Å². The van der Waals surface area contributed by atoms with Crippen LogP contribution in [0.1, 0.15) is 27.2 Å². The second kappa shape index (κ2) is 4.83. The number of pyridine rings is 1. The molecular formula is C13H18N2S. The van der Waals surface area contributed by atoms with Crippen molar-refractivity contribution in [1.29, 1.82) is 0 Å². The molecule has 16 heavy (non-hydrogen) atoms. The van der Waals surface area contributed by atoms with Gasteiger partial charge < -0.3 is 5.32 Å². The number of rotatable bonds is 4. The molecule has 0 bridgehead atoms. The van der Waals surface area contributed by atoms with Crippen LogP contribution < -0.4 is 5.32 Å². The van der Waals surface area contributed by atoms with Crippen LogP contribution in [0.4, 0.5) is 5.82 Å². The third-order valence-corrected chi connectivity index (χ3v) is 3.83. The van der Waals surface area contributed by atoms with Crippen LogP contribution in [-0.4, -0.2) is 11.0 Å². The zero-order valence-corrected chi connectivity index (χ0v) is 10.8. The number of hydrogen-bond acceptors (Lipinski definition) is 3. The Labute approximate surface area is 101 Å². The third-order valence-electron chi connectivity index (χ3n) is 2.95. The summed E-state index contributed by atoms with van der Waals surface area (Å²) in [5, 5.41) is 6.91. The summed E-state index contributed by atoms with van der Waals surface area (Å²) in [5.74, 6) is 1.65. The summed E-state index contributed by atoms with van der Waals surface area (Å²) in [5.41, 5.74) is 0. The molecular weight excluding hydrogens is 216 g/mol. The van der Waals surface area contributed by atoms with E-state index in [9.17, 15) is 0 Å². The average molecular weight is 234 g/mol. The lowest BCUT2D eigenvalue weighted by Gasteiger charge is -2.21. The van der Waals surface area contributed by atoms with E-state index in [0.717, 1.165) is 12.2 Å². The van der Waals surface area contributed by atoms with Gasteiger partial charge in [0.25, 0.3) is 0 Å². The smallest absolute Gasteiger partial charge is 0.134 e. The summed E-state index contributed by atoms with van der Waals surface area (Å²) >= 11 is 1.76. The Hall–Kier alpha value is -1.09. The third kappa shape index (κ3) is 2.19. The Morgan fingerprint density at radius 2 is 2.19 bits per heavy atom. The molecule has 2 aromatic rings. The van der Waals surface area contributed by atoms with Crippen LogP contribution >= 0.6 is 11.3 Å². The van der Waals surface area contributed by atoms with Gasteiger partial charge in [-0.05, 0) is 29.9 Å². The van der Waals surface area contributed by atoms with Gasteiger partial charge in [-0.3, -0.25) is 0 Å². The summed E-state index contributed by atoms with van der Waals surface area (Å²) in [7, 11) is 0. The quantitative estimate of drug-likeness (QED) is 0.860. The molecule has 86 valence electrons. The Bertz CT molecular complexity index is 462. The van der Waals surface area contributed by atoms with Crippen LogP contribution in [0.15, 0.2) is 23.7 Å². The maximum absolute atomic E-state index is 4.44. The molecule has 1 N–H and O–H groups in total. The van der Waals surface area contributed by atoms with Crippen molar-refractivity contribution in [2.24, 2.45) is 5.92 Å². The van der Waals surface area contributed by atoms with E-state index in [0.29, 0.717) is 12.0 Å². The van der Waals surface area contributed by atoms with Gasteiger partial charge in [-0.1, -0.05) is 20.8 Å². The first-order valence-electron chi connectivity index (χ1n) is 5.81. The van der Waals surface area contributed by atoms with Gasteiger partial charge in [-0.2, -0.15) is 0 Å². The van der Waals surface area contributed by atoms with Crippen molar-refractivity contribution in [2.45, 2.75) is 33.2 Å². The molecule has 0 fully saturated rings. The molecule has 0 amide bonds. The van der Waals surface area contributed by atoms with Gasteiger partial charge in [-0.25, -0.2) is 4.98 Å². The van der Waals surface area contributed by atoms with Crippen molar-refractivity contribution in [1.82, 2.24) is 4.98 Å². The molecule has 0 aliphatic heterocycles. The number of aromatic nitrogens is 1. The zero-order valence-electron chi connectivity index (χ0n) is 10.0. The standard InChI is InChI=1S/C13H18N2S/c1-4-11(9(2)3)15-13-10-6-8-16-12(10)5-7-14-13/h5-9,11H,4H2,1-3H3,(H,14,15). The maximum atomic E-state index is 4.44. The minimum atomic E-state index is 0.498. The number of hydrogen-bond donors (Lipinski definition) is 1. The lowest BCUT2D eigenvalue weighted by atomic mass is 10.0. The van der Waals surface area contributed by atoms with Crippen LogP contribution in [0.3, 0.4) is 0 Å². The fourth-order valence-electron chi connectivity index (χ4n) is 1.93. The lowest BCUT2D eigenvalue weighted by molar-refractivity contribution is 0.510. The summed E-state index contributed by atoms with van der Waals surface area (Å²) in [4.78, 5) is 4.44. The molecule has 0 saturated heterocycles. The van der Waals surface area contributed by atoms with Crippen molar-refractivity contribution in [2.75, 3.05) is 5.32 Å². The summed E-state index contributed by atoms with van der Waals surface area (Å²) in [6.07, 6.45) is 3.01. The Kier molecular flexibility index (Phi) is 3.44. The van der Waals surface area contributed by atoms with Gasteiger partial charge in [0.1, 0.15) is 5.82 Å². The molecule has 0 radical (unpaired) electrons. The number of anilines is 1. The van der Waals surface area contributed by atoms with E-state index in [4.69, 9.17) is 0 Å². The number of fused-ring (bicyclic) bond motifs is 1. The molecule has 0 saturated carbocycles. The van der Waals surface area contributed by atoms with E-state index < -0.39 is 0 Å². The molecule has 2 aromatic heterocycles. The van der Waals surface area contributed by atoms with Gasteiger partial charge in [0.2, 0.25) is 0 Å². The van der Waals surface area contributed by atoms with Gasteiger partial charge in [-0.15, -0.1) is 11.3 Å². The first-order valence-corrected chi connectivity index (χ1v) is 6.69. The highest BCUT2D eigenvalue weighted by Gasteiger charge is 2.12. The minimum Gasteiger partial charge on any atom is -0.367 e. The maximum Gasteiger partial charge on any atom is 0.134 e. The van der Waals surface area contributed by atoms with Crippen LogP contribution in [0.2, 0.25) is 0 Å². The first-order chi connectivity index (χ1) is 7.72. The number of thiophene rings is 1. The predicted molar refractivity (Wildman–Crippen MR) is 72.2 cm³/mol. The van der Waals surface area contributed by atoms with Gasteiger partial charge in [0.05, 0.1) is 0 Å². The lowest BCUT2D eigenvalue weighted by Crippen LogP contribution is -2.25. The van der Waals surface area contributed by atoms with Crippen molar-refractivity contribution in [3.05, 3.63) is 23.7 Å². The molecule has 0 aromatic carbocycles. The zero-order chi connectivity index (χ0) is 11.5. The van der Waals surface area contributed by atoms with E-state index in [1.165, 1.54) is 10.1 Å². The van der Waals surface area contributed by atoms with E-state index in [-0.39, 0.29) is 0 Å². The van der Waals surface area contributed by atoms with Crippen molar-refractivity contribution >= 4 is 27.2 Å². The molecule has 2 heterocycles. The largest absolute Gasteiger partial charge is 0.367 e. The molecule has 0 aliphatic carbocycles. The highest BCUT2D eigenvalue weighted by atomic mass is 32.1. The fraction of sp³-hybridized carbons (Fsp3) is 0.462. The summed E-state index contributed by atoms with van der Waals surface area (Å²) in [6.45, 7) is 6.70. The van der Waals surface area contributed by atoms with E-state index in [1.54, 1.807) is 11.3 Å². The Balaban J connectivity index is 2.29. The Morgan fingerprint density at radius 1 is 1.38 bits per heavy atom. The highest BCUT2D eigenvalue weighted by Crippen LogP contribution is 2.27. The molecule has 2 nitrogen and oxygen atoms in total. The summed E-state index contributed by atoms with van der Waals surface area (Å²) in [6, 6.07) is 4.71. The van der Waals surface area contributed by atoms with E-state index in [1.807, 2.05) is 6.20 Å².